The fraction of sp³-hybridized carbons (Fsp3) is 0.312. The molecular formula is C16H16N2O4. The van der Waals surface area contributed by atoms with E-state index in [-0.39, 0.29) is 24.5 Å². The van der Waals surface area contributed by atoms with Crippen LogP contribution in [0.5, 0.6) is 5.75 Å². The summed E-state index contributed by atoms with van der Waals surface area (Å²) in [5.74, 6) is 5.65. The highest BCUT2D eigenvalue weighted by Gasteiger charge is 2.44. The van der Waals surface area contributed by atoms with E-state index in [2.05, 4.69) is 4.84 Å². The predicted octanol–water partition coefficient (Wildman–Crippen LogP) is 1.55. The van der Waals surface area contributed by atoms with Crippen LogP contribution in [0, 0.1) is 5.92 Å². The Morgan fingerprint density at radius 2 is 2.14 bits per heavy atom. The molecule has 22 heavy (non-hydrogen) atoms. The van der Waals surface area contributed by atoms with Crippen molar-refractivity contribution in [3.8, 4) is 5.75 Å². The van der Waals surface area contributed by atoms with Gasteiger partial charge in [0, 0.05) is 11.5 Å². The maximum Gasteiger partial charge on any atom is 0.274 e. The summed E-state index contributed by atoms with van der Waals surface area (Å²) in [6.45, 7) is 0.775. The first-order valence-electron chi connectivity index (χ1n) is 7.20. The maximum atomic E-state index is 12.2. The molecule has 6 nitrogen and oxygen atoms in total. The molecule has 2 heterocycles. The van der Waals surface area contributed by atoms with Crippen LogP contribution in [0.15, 0.2) is 36.4 Å². The zero-order valence-corrected chi connectivity index (χ0v) is 11.9. The second-order valence-corrected chi connectivity index (χ2v) is 5.54. The van der Waals surface area contributed by atoms with Gasteiger partial charge in [0.1, 0.15) is 12.4 Å². The number of carbonyl (C=O) groups excluding carboxylic acids is 1. The van der Waals surface area contributed by atoms with Crippen LogP contribution in [-0.4, -0.2) is 30.8 Å². The predicted molar refractivity (Wildman–Crippen MR) is 78.6 cm³/mol. The van der Waals surface area contributed by atoms with E-state index in [1.54, 1.807) is 0 Å². The zero-order chi connectivity index (χ0) is 15.1. The fourth-order valence-electron chi connectivity index (χ4n) is 3.30. The van der Waals surface area contributed by atoms with E-state index in [0.717, 1.165) is 22.1 Å². The van der Waals surface area contributed by atoms with Gasteiger partial charge in [-0.05, 0) is 16.8 Å². The minimum atomic E-state index is -0.282. The van der Waals surface area contributed by atoms with Crippen molar-refractivity contribution in [3.63, 3.8) is 0 Å². The summed E-state index contributed by atoms with van der Waals surface area (Å²) in [5, 5.41) is 3.58. The van der Waals surface area contributed by atoms with Crippen molar-refractivity contribution in [1.82, 2.24) is 5.06 Å². The summed E-state index contributed by atoms with van der Waals surface area (Å²) < 4.78 is 5.86. The average Bonchev–Trinajstić information content (AvgIpc) is 2.99. The number of hydroxylamine groups is 2. The summed E-state index contributed by atoms with van der Waals surface area (Å²) in [4.78, 5) is 22.3. The average molecular weight is 300 g/mol. The van der Waals surface area contributed by atoms with Gasteiger partial charge >= 0.3 is 0 Å². The normalized spacial score (nSPS) is 23.0. The first-order valence-corrected chi connectivity index (χ1v) is 7.20. The molecule has 0 saturated carbocycles. The van der Waals surface area contributed by atoms with Gasteiger partial charge in [-0.3, -0.25) is 14.5 Å². The number of nitrogens with zero attached hydrogens (tertiary/aromatic N) is 1. The van der Waals surface area contributed by atoms with Crippen molar-refractivity contribution in [1.29, 1.82) is 0 Å². The molecule has 0 unspecified atom stereocenters. The van der Waals surface area contributed by atoms with E-state index in [4.69, 9.17) is 15.5 Å². The molecule has 0 radical (unpaired) electrons. The minimum Gasteiger partial charge on any atom is -0.493 e. The Hall–Kier alpha value is -2.15. The Kier molecular flexibility index (Phi) is 3.22. The third-order valence-corrected chi connectivity index (χ3v) is 4.26. The number of carbonyl (C=O) groups is 1. The van der Waals surface area contributed by atoms with Gasteiger partial charge in [0.05, 0.1) is 19.3 Å². The standard InChI is InChI=1S/C16H16N2O4/c17-21-9-14(19)18-16-11(8-22-18)7-20-13-6-5-10-3-1-2-4-12(10)15(13)16/h1-6,11,16H,7-9,17H2/t11-,16+/m1/s1. The minimum absolute atomic E-state index is 0.111. The van der Waals surface area contributed by atoms with Gasteiger partial charge < -0.3 is 4.74 Å². The SMILES string of the molecule is NOCC(=O)N1OC[C@H]2COc3ccc4ccccc4c3[C@H]21. The number of amides is 1. The number of fused-ring (bicyclic) bond motifs is 5. The van der Waals surface area contributed by atoms with Crippen LogP contribution in [0.4, 0.5) is 0 Å². The van der Waals surface area contributed by atoms with Gasteiger partial charge in [-0.15, -0.1) is 0 Å². The highest BCUT2D eigenvalue weighted by molar-refractivity contribution is 5.89. The quantitative estimate of drug-likeness (QED) is 0.852. The third-order valence-electron chi connectivity index (χ3n) is 4.26. The molecular weight excluding hydrogens is 284 g/mol. The molecule has 2 aliphatic rings. The Morgan fingerprint density at radius 1 is 1.27 bits per heavy atom. The first-order chi connectivity index (χ1) is 10.8. The van der Waals surface area contributed by atoms with Gasteiger partial charge in [-0.2, -0.15) is 0 Å². The molecule has 2 aromatic carbocycles. The second kappa shape index (κ2) is 5.24. The molecule has 0 bridgehead atoms. The largest absolute Gasteiger partial charge is 0.493 e. The summed E-state index contributed by atoms with van der Waals surface area (Å²) in [7, 11) is 0. The molecule has 0 spiro atoms. The molecule has 0 aliphatic carbocycles. The van der Waals surface area contributed by atoms with Crippen molar-refractivity contribution in [2.24, 2.45) is 11.8 Å². The maximum absolute atomic E-state index is 12.2. The van der Waals surface area contributed by atoms with Crippen molar-refractivity contribution < 1.29 is 19.2 Å². The summed E-state index contributed by atoms with van der Waals surface area (Å²) >= 11 is 0. The van der Waals surface area contributed by atoms with E-state index in [1.807, 2.05) is 36.4 Å². The molecule has 2 aliphatic heterocycles. The smallest absolute Gasteiger partial charge is 0.274 e. The molecule has 1 saturated heterocycles. The van der Waals surface area contributed by atoms with Gasteiger partial charge in [0.15, 0.2) is 0 Å². The lowest BCUT2D eigenvalue weighted by molar-refractivity contribution is -0.182. The van der Waals surface area contributed by atoms with Crippen LogP contribution >= 0.6 is 0 Å². The molecule has 1 amide bonds. The number of ether oxygens (including phenoxy) is 1. The van der Waals surface area contributed by atoms with Crippen molar-refractivity contribution in [3.05, 3.63) is 42.0 Å². The Morgan fingerprint density at radius 3 is 3.00 bits per heavy atom. The van der Waals surface area contributed by atoms with Crippen molar-refractivity contribution in [2.45, 2.75) is 6.04 Å². The molecule has 2 N–H and O–H groups in total. The van der Waals surface area contributed by atoms with E-state index < -0.39 is 0 Å². The van der Waals surface area contributed by atoms with Gasteiger partial charge in [-0.1, -0.05) is 30.3 Å². The van der Waals surface area contributed by atoms with Crippen molar-refractivity contribution in [2.75, 3.05) is 19.8 Å². The molecule has 2 aromatic rings. The molecule has 2 atom stereocenters. The molecule has 4 rings (SSSR count). The molecule has 1 fully saturated rings. The Bertz CT molecular complexity index is 733. The summed E-state index contributed by atoms with van der Waals surface area (Å²) in [6, 6.07) is 11.9. The molecule has 114 valence electrons. The third kappa shape index (κ3) is 1.96. The van der Waals surface area contributed by atoms with Crippen LogP contribution in [-0.2, 0) is 14.5 Å². The topological polar surface area (TPSA) is 74.0 Å². The van der Waals surface area contributed by atoms with Crippen LogP contribution in [0.3, 0.4) is 0 Å². The van der Waals surface area contributed by atoms with Crippen LogP contribution in [0.2, 0.25) is 0 Å². The number of nitrogens with two attached hydrogens (primary N) is 1. The van der Waals surface area contributed by atoms with E-state index in [9.17, 15) is 4.79 Å². The molecule has 0 aromatic heterocycles. The van der Waals surface area contributed by atoms with Crippen LogP contribution in [0.25, 0.3) is 10.8 Å². The molecule has 6 heteroatoms. The highest BCUT2D eigenvalue weighted by atomic mass is 16.7. The summed E-state index contributed by atoms with van der Waals surface area (Å²) in [5.41, 5.74) is 0.997. The fourth-order valence-corrected chi connectivity index (χ4v) is 3.30. The Balaban J connectivity index is 1.85. The van der Waals surface area contributed by atoms with E-state index >= 15 is 0 Å². The number of hydrogen-bond donors (Lipinski definition) is 1. The Labute approximate surface area is 127 Å². The lowest BCUT2D eigenvalue weighted by Crippen LogP contribution is -2.37. The number of rotatable bonds is 2. The highest BCUT2D eigenvalue weighted by Crippen LogP contribution is 2.46. The first kappa shape index (κ1) is 13.5. The number of hydrogen-bond acceptors (Lipinski definition) is 5. The van der Waals surface area contributed by atoms with Gasteiger partial charge in [0.2, 0.25) is 0 Å². The monoisotopic (exact) mass is 300 g/mol. The summed E-state index contributed by atoms with van der Waals surface area (Å²) in [6.07, 6.45) is 0. The van der Waals surface area contributed by atoms with Crippen LogP contribution in [0.1, 0.15) is 11.6 Å². The number of benzene rings is 2. The lowest BCUT2D eigenvalue weighted by atomic mass is 9.88. The second-order valence-electron chi connectivity index (χ2n) is 5.54. The van der Waals surface area contributed by atoms with Crippen LogP contribution < -0.4 is 10.6 Å². The lowest BCUT2D eigenvalue weighted by Gasteiger charge is -2.32. The van der Waals surface area contributed by atoms with E-state index in [1.165, 1.54) is 5.06 Å². The van der Waals surface area contributed by atoms with E-state index in [0.29, 0.717) is 13.2 Å². The van der Waals surface area contributed by atoms with Crippen molar-refractivity contribution >= 4 is 16.7 Å². The van der Waals surface area contributed by atoms with Gasteiger partial charge in [0.25, 0.3) is 5.91 Å². The van der Waals surface area contributed by atoms with Gasteiger partial charge in [-0.25, -0.2) is 11.0 Å². The zero-order valence-electron chi connectivity index (χ0n) is 11.9.